The van der Waals surface area contributed by atoms with Crippen LogP contribution in [0.4, 0.5) is 13.2 Å². The zero-order valence-corrected chi connectivity index (χ0v) is 16.8. The van der Waals surface area contributed by atoms with Crippen LogP contribution in [0.5, 0.6) is 5.75 Å². The van der Waals surface area contributed by atoms with Gasteiger partial charge in [0.2, 0.25) is 0 Å². The Morgan fingerprint density at radius 3 is 2.43 bits per heavy atom. The van der Waals surface area contributed by atoms with Crippen molar-refractivity contribution in [1.82, 2.24) is 4.90 Å². The third-order valence-corrected chi connectivity index (χ3v) is 6.17. The highest BCUT2D eigenvalue weighted by molar-refractivity contribution is 5.41. The minimum Gasteiger partial charge on any atom is -0.490 e. The number of benzene rings is 2. The molecule has 0 unspecified atom stereocenters. The van der Waals surface area contributed by atoms with Gasteiger partial charge in [-0.1, -0.05) is 18.2 Å². The van der Waals surface area contributed by atoms with Crippen molar-refractivity contribution in [3.05, 3.63) is 64.7 Å². The molecule has 0 bridgehead atoms. The first-order chi connectivity index (χ1) is 14.1. The van der Waals surface area contributed by atoms with Crippen LogP contribution in [-0.4, -0.2) is 40.9 Å². The molecule has 0 amide bonds. The number of fused-ring (bicyclic) bond motifs is 1. The van der Waals surface area contributed by atoms with Gasteiger partial charge in [-0.3, -0.25) is 0 Å². The summed E-state index contributed by atoms with van der Waals surface area (Å²) in [5, 5.41) is 21.6. The Hall–Kier alpha value is -2.09. The summed E-state index contributed by atoms with van der Waals surface area (Å²) in [5.41, 5.74) is 0.587. The first kappa shape index (κ1) is 21.2. The molecule has 0 aliphatic carbocycles. The summed E-state index contributed by atoms with van der Waals surface area (Å²) in [6, 6.07) is 10.5. The van der Waals surface area contributed by atoms with E-state index in [1.54, 1.807) is 0 Å². The van der Waals surface area contributed by atoms with Crippen LogP contribution >= 0.6 is 0 Å². The van der Waals surface area contributed by atoms with E-state index in [0.717, 1.165) is 35.4 Å². The van der Waals surface area contributed by atoms with Crippen molar-refractivity contribution in [3.8, 4) is 5.75 Å². The van der Waals surface area contributed by atoms with Gasteiger partial charge in [-0.2, -0.15) is 13.2 Å². The largest absolute Gasteiger partial charge is 0.490 e. The van der Waals surface area contributed by atoms with E-state index < -0.39 is 23.4 Å². The molecule has 0 aromatic heterocycles. The van der Waals surface area contributed by atoms with Crippen LogP contribution in [0.1, 0.15) is 48.1 Å². The van der Waals surface area contributed by atoms with E-state index in [1.807, 2.05) is 25.1 Å². The van der Waals surface area contributed by atoms with Gasteiger partial charge >= 0.3 is 6.18 Å². The van der Waals surface area contributed by atoms with Crippen LogP contribution in [0.3, 0.4) is 0 Å². The molecule has 2 aromatic rings. The fraction of sp³-hybridized carbons (Fsp3) is 0.478. The van der Waals surface area contributed by atoms with Gasteiger partial charge in [0.25, 0.3) is 0 Å². The van der Waals surface area contributed by atoms with E-state index in [2.05, 4.69) is 4.90 Å². The molecular formula is C23H26F3NO3. The van der Waals surface area contributed by atoms with Gasteiger partial charge in [0.1, 0.15) is 11.9 Å². The van der Waals surface area contributed by atoms with Gasteiger partial charge in [-0.25, -0.2) is 0 Å². The lowest BCUT2D eigenvalue weighted by atomic mass is 9.84. The van der Waals surface area contributed by atoms with Crippen LogP contribution in [0.25, 0.3) is 0 Å². The van der Waals surface area contributed by atoms with Gasteiger partial charge in [-0.05, 0) is 60.7 Å². The first-order valence-corrected chi connectivity index (χ1v) is 10.2. The summed E-state index contributed by atoms with van der Waals surface area (Å²) in [6.45, 7) is 3.57. The van der Waals surface area contributed by atoms with E-state index in [0.29, 0.717) is 38.0 Å². The molecule has 2 heterocycles. The van der Waals surface area contributed by atoms with Crippen LogP contribution < -0.4 is 4.74 Å². The lowest BCUT2D eigenvalue weighted by Crippen LogP contribution is -2.44. The Morgan fingerprint density at radius 1 is 1.13 bits per heavy atom. The minimum absolute atomic E-state index is 0.150. The van der Waals surface area contributed by atoms with E-state index in [1.165, 1.54) is 12.1 Å². The Kier molecular flexibility index (Phi) is 5.55. The number of nitrogens with zero attached hydrogens (tertiary/aromatic N) is 1. The van der Waals surface area contributed by atoms with Gasteiger partial charge < -0.3 is 19.8 Å². The average molecular weight is 421 g/mol. The van der Waals surface area contributed by atoms with Crippen LogP contribution in [0.2, 0.25) is 0 Å². The molecule has 2 atom stereocenters. The van der Waals surface area contributed by atoms with Crippen molar-refractivity contribution in [2.45, 2.75) is 50.2 Å². The Morgan fingerprint density at radius 2 is 1.80 bits per heavy atom. The highest BCUT2D eigenvalue weighted by Gasteiger charge is 2.36. The van der Waals surface area contributed by atoms with Crippen molar-refractivity contribution in [2.24, 2.45) is 0 Å². The fourth-order valence-electron chi connectivity index (χ4n) is 4.36. The molecule has 1 saturated heterocycles. The molecular weight excluding hydrogens is 395 g/mol. The molecule has 2 N–H and O–H groups in total. The number of likely N-dealkylation sites (tertiary alicyclic amines) is 1. The van der Waals surface area contributed by atoms with Crippen molar-refractivity contribution in [3.63, 3.8) is 0 Å². The van der Waals surface area contributed by atoms with E-state index in [4.69, 9.17) is 4.74 Å². The Balaban J connectivity index is 1.36. The molecule has 4 rings (SSSR count). The highest BCUT2D eigenvalue weighted by atomic mass is 19.4. The van der Waals surface area contributed by atoms with Crippen LogP contribution in [0.15, 0.2) is 42.5 Å². The summed E-state index contributed by atoms with van der Waals surface area (Å²) in [6.07, 6.45) is -3.25. The number of β-amino-alcohol motifs (C(OH)–C–C–N with tert-alkyl or cyclic N) is 1. The molecule has 0 saturated carbocycles. The van der Waals surface area contributed by atoms with Crippen molar-refractivity contribution < 1.29 is 28.1 Å². The number of aliphatic hydroxyl groups is 2. The molecule has 0 spiro atoms. The fourth-order valence-corrected chi connectivity index (χ4v) is 4.36. The van der Waals surface area contributed by atoms with E-state index in [-0.39, 0.29) is 6.10 Å². The monoisotopic (exact) mass is 421 g/mol. The number of halogens is 3. The summed E-state index contributed by atoms with van der Waals surface area (Å²) in [7, 11) is 0. The quantitative estimate of drug-likeness (QED) is 0.782. The summed E-state index contributed by atoms with van der Waals surface area (Å²) in [4.78, 5) is 2.08. The number of hydrogen-bond donors (Lipinski definition) is 2. The average Bonchev–Trinajstić information content (AvgIpc) is 3.08. The third kappa shape index (κ3) is 4.33. The van der Waals surface area contributed by atoms with Gasteiger partial charge in [0.15, 0.2) is 0 Å². The number of ether oxygens (including phenoxy) is 1. The summed E-state index contributed by atoms with van der Waals surface area (Å²) in [5.74, 6) is 0.873. The lowest BCUT2D eigenvalue weighted by molar-refractivity contribution is -0.137. The van der Waals surface area contributed by atoms with Crippen molar-refractivity contribution >= 4 is 0 Å². The smallest absolute Gasteiger partial charge is 0.416 e. The maximum Gasteiger partial charge on any atom is 0.416 e. The van der Waals surface area contributed by atoms with Crippen LogP contribution in [-0.2, 0) is 18.2 Å². The molecule has 30 heavy (non-hydrogen) atoms. The lowest BCUT2D eigenvalue weighted by Gasteiger charge is -2.39. The Bertz CT molecular complexity index is 890. The predicted octanol–water partition coefficient (Wildman–Crippen LogP) is 4.05. The standard InChI is InChI=1S/C23H26F3NO3/c1-15-12-17-13-16(2-7-21(17)30-15)20(28)14-27-10-8-22(29,9-11-27)18-3-5-19(6-4-18)23(24,25)26/h2-7,13,15,20,28-29H,8-12,14H2,1H3/t15-,20+/m1/s1. The zero-order valence-electron chi connectivity index (χ0n) is 16.8. The van der Waals surface area contributed by atoms with Gasteiger partial charge in [0.05, 0.1) is 17.3 Å². The van der Waals surface area contributed by atoms with Crippen LogP contribution in [0, 0.1) is 0 Å². The first-order valence-electron chi connectivity index (χ1n) is 10.2. The van der Waals surface area contributed by atoms with E-state index >= 15 is 0 Å². The molecule has 2 aromatic carbocycles. The number of aliphatic hydroxyl groups excluding tert-OH is 1. The molecule has 0 radical (unpaired) electrons. The molecule has 2 aliphatic rings. The summed E-state index contributed by atoms with van der Waals surface area (Å²) < 4.78 is 44.0. The molecule has 7 heteroatoms. The number of rotatable bonds is 4. The van der Waals surface area contributed by atoms with Crippen molar-refractivity contribution in [2.75, 3.05) is 19.6 Å². The topological polar surface area (TPSA) is 52.9 Å². The molecule has 162 valence electrons. The number of alkyl halides is 3. The Labute approximate surface area is 173 Å². The molecule has 2 aliphatic heterocycles. The third-order valence-electron chi connectivity index (χ3n) is 6.17. The van der Waals surface area contributed by atoms with Gasteiger partial charge in [-0.15, -0.1) is 0 Å². The maximum atomic E-state index is 12.8. The normalized spacial score (nSPS) is 22.4. The molecule has 1 fully saturated rings. The molecule has 4 nitrogen and oxygen atoms in total. The summed E-state index contributed by atoms with van der Waals surface area (Å²) >= 11 is 0. The second-order valence-electron chi connectivity index (χ2n) is 8.42. The highest BCUT2D eigenvalue weighted by Crippen LogP contribution is 2.36. The second-order valence-corrected chi connectivity index (χ2v) is 8.42. The zero-order chi connectivity index (χ0) is 21.5. The SMILES string of the molecule is C[C@@H]1Cc2cc([C@@H](O)CN3CCC(O)(c4ccc(C(F)(F)F)cc4)CC3)ccc2O1. The maximum absolute atomic E-state index is 12.8. The minimum atomic E-state index is -4.39. The number of hydrogen-bond acceptors (Lipinski definition) is 4. The van der Waals surface area contributed by atoms with Crippen molar-refractivity contribution in [1.29, 1.82) is 0 Å². The second kappa shape index (κ2) is 7.87. The van der Waals surface area contributed by atoms with E-state index in [9.17, 15) is 23.4 Å². The van der Waals surface area contributed by atoms with Gasteiger partial charge in [0, 0.05) is 26.1 Å². The predicted molar refractivity (Wildman–Crippen MR) is 106 cm³/mol. The number of piperidine rings is 1.